The summed E-state index contributed by atoms with van der Waals surface area (Å²) in [5.74, 6) is 0.0130. The van der Waals surface area contributed by atoms with E-state index in [1.54, 1.807) is 25.3 Å². The van der Waals surface area contributed by atoms with Crippen LogP contribution in [0.15, 0.2) is 140 Å². The first-order chi connectivity index (χ1) is 20.7. The van der Waals surface area contributed by atoms with E-state index >= 15 is 0 Å². The molecule has 2 nitrogen and oxygen atoms in total. The predicted octanol–water partition coefficient (Wildman–Crippen LogP) is 8.64. The molecule has 0 saturated carbocycles. The van der Waals surface area contributed by atoms with Crippen LogP contribution in [-0.4, -0.2) is 22.1 Å². The number of hydrogen-bond acceptors (Lipinski definition) is 5. The van der Waals surface area contributed by atoms with Crippen LogP contribution in [0.5, 0.6) is 0 Å². The van der Waals surface area contributed by atoms with Crippen molar-refractivity contribution in [3.63, 3.8) is 0 Å². The molecular formula is C35H30NOPS4. The average molecular weight is 640 g/mol. The summed E-state index contributed by atoms with van der Waals surface area (Å²) in [5, 5.41) is 9.50. The van der Waals surface area contributed by atoms with Gasteiger partial charge in [-0.3, -0.25) is 0 Å². The van der Waals surface area contributed by atoms with Crippen LogP contribution in [0.4, 0.5) is 0 Å². The van der Waals surface area contributed by atoms with Crippen LogP contribution in [0.25, 0.3) is 21.5 Å². The third-order valence-corrected chi connectivity index (χ3v) is 16.2. The molecule has 0 radical (unpaired) electrons. The van der Waals surface area contributed by atoms with Crippen molar-refractivity contribution in [1.82, 2.24) is 3.71 Å². The fraction of sp³-hybridized carbons (Fsp3) is 0.0571. The Hall–Kier alpha value is -2.86. The molecular weight excluding hydrogens is 610 g/mol. The maximum atomic E-state index is 14.4. The molecule has 0 atom stereocenters. The molecule has 7 heteroatoms. The van der Waals surface area contributed by atoms with Crippen molar-refractivity contribution in [2.24, 2.45) is 0 Å². The molecule has 6 aromatic rings. The van der Waals surface area contributed by atoms with Crippen molar-refractivity contribution in [3.05, 3.63) is 145 Å². The SMILES string of the molecule is CSSN(SSC)C(=O)c1c2ccccc2c([PH](c2ccccc2)(c2ccccc2)c2ccccc2)c2ccccc12. The second kappa shape index (κ2) is 13.2. The van der Waals surface area contributed by atoms with E-state index in [1.807, 2.05) is 12.5 Å². The molecule has 0 aliphatic rings. The minimum absolute atomic E-state index is 0.0130. The number of nitrogens with zero attached hydrogens (tertiary/aromatic N) is 1. The number of benzene rings is 6. The van der Waals surface area contributed by atoms with Gasteiger partial charge < -0.3 is 0 Å². The first kappa shape index (κ1) is 29.2. The van der Waals surface area contributed by atoms with E-state index in [2.05, 4.69) is 140 Å². The first-order valence-electron chi connectivity index (χ1n) is 13.6. The van der Waals surface area contributed by atoms with Crippen molar-refractivity contribution in [3.8, 4) is 0 Å². The fourth-order valence-corrected chi connectivity index (χ4v) is 15.2. The van der Waals surface area contributed by atoms with Gasteiger partial charge in [0, 0.05) is 0 Å². The third kappa shape index (κ3) is 5.14. The van der Waals surface area contributed by atoms with Crippen LogP contribution in [0, 0.1) is 0 Å². The van der Waals surface area contributed by atoms with Gasteiger partial charge >= 0.3 is 266 Å². The second-order valence-corrected chi connectivity index (χ2v) is 18.3. The molecule has 0 saturated heterocycles. The summed E-state index contributed by atoms with van der Waals surface area (Å²) in [4.78, 5) is 14.4. The van der Waals surface area contributed by atoms with Gasteiger partial charge in [-0.05, 0) is 0 Å². The summed E-state index contributed by atoms with van der Waals surface area (Å²) in [6.45, 7) is 0. The van der Waals surface area contributed by atoms with E-state index in [1.165, 1.54) is 43.2 Å². The van der Waals surface area contributed by atoms with Crippen LogP contribution >= 0.6 is 50.8 Å². The minimum atomic E-state index is -2.89. The summed E-state index contributed by atoms with van der Waals surface area (Å²) in [7, 11) is 3.21. The van der Waals surface area contributed by atoms with Crippen molar-refractivity contribution in [2.45, 2.75) is 0 Å². The Morgan fingerprint density at radius 3 is 1.19 bits per heavy atom. The molecule has 0 N–H and O–H groups in total. The number of hydrogen-bond donors (Lipinski definition) is 0. The van der Waals surface area contributed by atoms with Gasteiger partial charge in [-0.2, -0.15) is 0 Å². The topological polar surface area (TPSA) is 20.3 Å². The molecule has 0 bridgehead atoms. The number of rotatable bonds is 9. The predicted molar refractivity (Wildman–Crippen MR) is 196 cm³/mol. The molecule has 42 heavy (non-hydrogen) atoms. The Morgan fingerprint density at radius 1 is 0.500 bits per heavy atom. The zero-order valence-corrected chi connectivity index (χ0v) is 27.5. The third-order valence-electron chi connectivity index (χ3n) is 7.59. The van der Waals surface area contributed by atoms with E-state index < -0.39 is 7.26 Å². The van der Waals surface area contributed by atoms with E-state index in [0.717, 1.165) is 27.1 Å². The molecule has 0 fully saturated rings. The number of carbonyl (C=O) groups is 1. The Bertz CT molecular complexity index is 1680. The molecule has 6 aromatic carbocycles. The van der Waals surface area contributed by atoms with E-state index in [9.17, 15) is 4.79 Å². The molecule has 210 valence electrons. The first-order valence-corrected chi connectivity index (χ1v) is 20.6. The molecule has 0 spiro atoms. The standard InChI is InChI=1S/C35H30NOPS4/c1-39-41-36(42-40-2)35(37)33-29-22-12-14-24-31(29)34(32-25-15-13-23-30(32)33)38(26-16-6-3-7-17-26,27-18-8-4-9-19-27)28-20-10-5-11-21-28/h3-25,38H,1-2H3. The van der Waals surface area contributed by atoms with Crippen molar-refractivity contribution in [1.29, 1.82) is 0 Å². The molecule has 1 amide bonds. The monoisotopic (exact) mass is 639 g/mol. The van der Waals surface area contributed by atoms with Crippen LogP contribution < -0.4 is 21.2 Å². The van der Waals surface area contributed by atoms with E-state index in [4.69, 9.17) is 0 Å². The summed E-state index contributed by atoms with van der Waals surface area (Å²) in [6, 6.07) is 50.0. The molecule has 6 rings (SSSR count). The molecule has 0 aliphatic heterocycles. The van der Waals surface area contributed by atoms with Crippen molar-refractivity contribution < 1.29 is 4.79 Å². The van der Waals surface area contributed by atoms with Crippen molar-refractivity contribution >= 4 is 99.5 Å². The van der Waals surface area contributed by atoms with Gasteiger partial charge in [-0.15, -0.1) is 0 Å². The summed E-state index contributed by atoms with van der Waals surface area (Å²) < 4.78 is 1.81. The quantitative estimate of drug-likeness (QED) is 0.0681. The molecule has 0 unspecified atom stereocenters. The normalized spacial score (nSPS) is 12.0. The van der Waals surface area contributed by atoms with Gasteiger partial charge in [0.25, 0.3) is 0 Å². The van der Waals surface area contributed by atoms with E-state index in [0.29, 0.717) is 0 Å². The van der Waals surface area contributed by atoms with Crippen molar-refractivity contribution in [2.75, 3.05) is 12.5 Å². The van der Waals surface area contributed by atoms with Gasteiger partial charge in [0.15, 0.2) is 0 Å². The summed E-state index contributed by atoms with van der Waals surface area (Å²) >= 11 is 0. The van der Waals surface area contributed by atoms with Gasteiger partial charge in [0.2, 0.25) is 0 Å². The average Bonchev–Trinajstić information content (AvgIpc) is 3.06. The number of carbonyl (C=O) groups excluding carboxylic acids is 1. The van der Waals surface area contributed by atoms with E-state index in [-0.39, 0.29) is 5.91 Å². The van der Waals surface area contributed by atoms with Crippen LogP contribution in [-0.2, 0) is 0 Å². The van der Waals surface area contributed by atoms with Gasteiger partial charge in [-0.25, -0.2) is 0 Å². The maximum absolute atomic E-state index is 14.4. The Labute approximate surface area is 264 Å². The Balaban J connectivity index is 1.83. The Morgan fingerprint density at radius 2 is 0.833 bits per heavy atom. The molecule has 0 aliphatic carbocycles. The number of amides is 1. The van der Waals surface area contributed by atoms with Gasteiger partial charge in [-0.1, -0.05) is 0 Å². The Kier molecular flexibility index (Phi) is 9.18. The zero-order valence-electron chi connectivity index (χ0n) is 23.3. The van der Waals surface area contributed by atoms with Crippen LogP contribution in [0.3, 0.4) is 0 Å². The van der Waals surface area contributed by atoms with Crippen LogP contribution in [0.1, 0.15) is 10.4 Å². The van der Waals surface area contributed by atoms with Crippen LogP contribution in [0.2, 0.25) is 0 Å². The number of fused-ring (bicyclic) bond motifs is 2. The summed E-state index contributed by atoms with van der Waals surface area (Å²) in [6.07, 6.45) is 4.01. The van der Waals surface area contributed by atoms with Gasteiger partial charge in [0.05, 0.1) is 0 Å². The molecule has 0 aromatic heterocycles. The fourth-order valence-electron chi connectivity index (χ4n) is 6.07. The molecule has 0 heterocycles. The van der Waals surface area contributed by atoms with Gasteiger partial charge in [0.1, 0.15) is 0 Å². The summed E-state index contributed by atoms with van der Waals surface area (Å²) in [5.41, 5.74) is 0.755. The second-order valence-electron chi connectivity index (χ2n) is 9.73. The zero-order chi connectivity index (χ0) is 28.9.